The molecule has 96 valence electrons. The number of carboxylic acid groups (broad SMARTS) is 1. The molecule has 0 aromatic rings. The van der Waals surface area contributed by atoms with Gasteiger partial charge in [0.05, 0.1) is 6.42 Å². The first-order chi connectivity index (χ1) is 8.15. The van der Waals surface area contributed by atoms with E-state index in [-0.39, 0.29) is 18.4 Å². The lowest BCUT2D eigenvalue weighted by molar-refractivity contribution is -0.139. The Morgan fingerprint density at radius 1 is 1.29 bits per heavy atom. The Labute approximate surface area is 105 Å². The van der Waals surface area contributed by atoms with E-state index < -0.39 is 5.97 Å². The topological polar surface area (TPSA) is 69.6 Å². The van der Waals surface area contributed by atoms with E-state index in [4.69, 9.17) is 5.11 Å². The van der Waals surface area contributed by atoms with Crippen LogP contribution < -0.4 is 5.32 Å². The molecule has 0 unspecified atom stereocenters. The van der Waals surface area contributed by atoms with E-state index in [1.54, 1.807) is 4.90 Å². The minimum absolute atomic E-state index is 0.0245. The van der Waals surface area contributed by atoms with Crippen LogP contribution in [0.2, 0.25) is 0 Å². The average molecular weight is 258 g/mol. The zero-order valence-corrected chi connectivity index (χ0v) is 10.5. The van der Waals surface area contributed by atoms with Gasteiger partial charge in [-0.2, -0.15) is 11.8 Å². The number of likely N-dealkylation sites (tertiary alicyclic amines) is 1. The second-order valence-corrected chi connectivity index (χ2v) is 5.93. The highest BCUT2D eigenvalue weighted by Gasteiger charge is 2.32. The molecule has 2 N–H and O–H groups in total. The predicted octanol–water partition coefficient (Wildman–Crippen LogP) is 0.998. The van der Waals surface area contributed by atoms with Gasteiger partial charge < -0.3 is 15.3 Å². The second kappa shape index (κ2) is 5.62. The molecule has 0 atom stereocenters. The van der Waals surface area contributed by atoms with Crippen LogP contribution in [0, 0.1) is 5.92 Å². The molecular weight excluding hydrogens is 240 g/mol. The quantitative estimate of drug-likeness (QED) is 0.792. The molecule has 2 amide bonds. The summed E-state index contributed by atoms with van der Waals surface area (Å²) in [6, 6.07) is 0.283. The van der Waals surface area contributed by atoms with Crippen molar-refractivity contribution in [1.29, 1.82) is 0 Å². The monoisotopic (exact) mass is 258 g/mol. The van der Waals surface area contributed by atoms with Crippen molar-refractivity contribution in [2.24, 2.45) is 5.92 Å². The number of urea groups is 1. The molecule has 0 aromatic carbocycles. The largest absolute Gasteiger partial charge is 0.481 e. The highest BCUT2D eigenvalue weighted by Crippen LogP contribution is 2.21. The maximum atomic E-state index is 11.8. The maximum absolute atomic E-state index is 11.8. The molecule has 17 heavy (non-hydrogen) atoms. The third-order valence-corrected chi connectivity index (χ3v) is 4.31. The Morgan fingerprint density at radius 2 is 1.94 bits per heavy atom. The molecule has 2 rings (SSSR count). The summed E-state index contributed by atoms with van der Waals surface area (Å²) in [6.45, 7) is 1.17. The van der Waals surface area contributed by atoms with Gasteiger partial charge in [0.1, 0.15) is 0 Å². The molecule has 2 saturated heterocycles. The Hall–Kier alpha value is -0.910. The first-order valence-electron chi connectivity index (χ1n) is 6.00. The maximum Gasteiger partial charge on any atom is 0.317 e. The summed E-state index contributed by atoms with van der Waals surface area (Å²) < 4.78 is 0. The molecule has 0 aliphatic carbocycles. The van der Waals surface area contributed by atoms with Gasteiger partial charge in [-0.05, 0) is 24.3 Å². The molecule has 5 nitrogen and oxygen atoms in total. The van der Waals surface area contributed by atoms with E-state index >= 15 is 0 Å². The van der Waals surface area contributed by atoms with Gasteiger partial charge in [-0.1, -0.05) is 0 Å². The van der Waals surface area contributed by atoms with Crippen LogP contribution >= 0.6 is 11.8 Å². The van der Waals surface area contributed by atoms with Crippen molar-refractivity contribution in [3.63, 3.8) is 0 Å². The minimum Gasteiger partial charge on any atom is -0.481 e. The molecule has 2 aliphatic rings. The molecular formula is C11H18N2O3S. The van der Waals surface area contributed by atoms with Crippen LogP contribution in [0.1, 0.15) is 19.3 Å². The van der Waals surface area contributed by atoms with Crippen molar-refractivity contribution in [3.05, 3.63) is 0 Å². The molecule has 0 radical (unpaired) electrons. The fraction of sp³-hybridized carbons (Fsp3) is 0.818. The number of amides is 2. The molecule has 6 heteroatoms. The number of hydrogen-bond acceptors (Lipinski definition) is 3. The molecule has 0 bridgehead atoms. The smallest absolute Gasteiger partial charge is 0.317 e. The summed E-state index contributed by atoms with van der Waals surface area (Å²) in [5.41, 5.74) is 0. The van der Waals surface area contributed by atoms with E-state index in [0.29, 0.717) is 19.1 Å². The Balaban J connectivity index is 1.66. The standard InChI is InChI=1S/C11H18N2O3S/c14-10(15)5-8-6-13(7-8)11(16)12-9-1-3-17-4-2-9/h8-9H,1-7H2,(H,12,16)(H,14,15). The van der Waals surface area contributed by atoms with Crippen LogP contribution in [0.25, 0.3) is 0 Å². The Bertz CT molecular complexity index is 299. The first-order valence-corrected chi connectivity index (χ1v) is 7.15. The normalized spacial score (nSPS) is 22.0. The number of nitrogens with zero attached hydrogens (tertiary/aromatic N) is 1. The van der Waals surface area contributed by atoms with Crippen LogP contribution in [-0.4, -0.2) is 52.6 Å². The zero-order chi connectivity index (χ0) is 12.3. The van der Waals surface area contributed by atoms with Gasteiger partial charge in [0, 0.05) is 25.0 Å². The van der Waals surface area contributed by atoms with Crippen LogP contribution in [-0.2, 0) is 4.79 Å². The van der Waals surface area contributed by atoms with Gasteiger partial charge in [-0.15, -0.1) is 0 Å². The van der Waals surface area contributed by atoms with Gasteiger partial charge in [0.25, 0.3) is 0 Å². The SMILES string of the molecule is O=C(O)CC1CN(C(=O)NC2CCSCC2)C1. The van der Waals surface area contributed by atoms with Gasteiger partial charge in [0.15, 0.2) is 0 Å². The van der Waals surface area contributed by atoms with Gasteiger partial charge in [0.2, 0.25) is 0 Å². The molecule has 2 heterocycles. The van der Waals surface area contributed by atoms with Crippen molar-refractivity contribution < 1.29 is 14.7 Å². The summed E-state index contributed by atoms with van der Waals surface area (Å²) in [5.74, 6) is 1.60. The van der Waals surface area contributed by atoms with E-state index in [1.807, 2.05) is 11.8 Å². The molecule has 0 saturated carbocycles. The number of carbonyl (C=O) groups excluding carboxylic acids is 1. The lowest BCUT2D eigenvalue weighted by atomic mass is 9.97. The van der Waals surface area contributed by atoms with E-state index in [2.05, 4.69) is 5.32 Å². The third kappa shape index (κ3) is 3.52. The van der Waals surface area contributed by atoms with E-state index in [1.165, 1.54) is 0 Å². The summed E-state index contributed by atoms with van der Waals surface area (Å²) in [5, 5.41) is 11.6. The zero-order valence-electron chi connectivity index (χ0n) is 9.72. The highest BCUT2D eigenvalue weighted by molar-refractivity contribution is 7.99. The van der Waals surface area contributed by atoms with Crippen LogP contribution in [0.3, 0.4) is 0 Å². The number of aliphatic carboxylic acids is 1. The van der Waals surface area contributed by atoms with Crippen molar-refractivity contribution in [2.75, 3.05) is 24.6 Å². The van der Waals surface area contributed by atoms with Gasteiger partial charge >= 0.3 is 12.0 Å². The minimum atomic E-state index is -0.778. The number of nitrogens with one attached hydrogen (secondary N) is 1. The fourth-order valence-electron chi connectivity index (χ4n) is 2.22. The lowest BCUT2D eigenvalue weighted by Crippen LogP contribution is -2.56. The number of carbonyl (C=O) groups is 2. The first kappa shape index (κ1) is 12.5. The van der Waals surface area contributed by atoms with E-state index in [9.17, 15) is 9.59 Å². The number of hydrogen-bond donors (Lipinski definition) is 2. The van der Waals surface area contributed by atoms with Crippen LogP contribution in [0.15, 0.2) is 0 Å². The summed E-state index contributed by atoms with van der Waals surface area (Å²) in [6.07, 6.45) is 2.26. The summed E-state index contributed by atoms with van der Waals surface area (Å²) in [7, 11) is 0. The number of thioether (sulfide) groups is 1. The highest BCUT2D eigenvalue weighted by atomic mass is 32.2. The van der Waals surface area contributed by atoms with Crippen molar-refractivity contribution >= 4 is 23.8 Å². The number of carboxylic acids is 1. The average Bonchev–Trinajstić information content (AvgIpc) is 2.23. The number of rotatable bonds is 3. The summed E-state index contributed by atoms with van der Waals surface area (Å²) >= 11 is 1.93. The van der Waals surface area contributed by atoms with Crippen molar-refractivity contribution in [1.82, 2.24) is 10.2 Å². The van der Waals surface area contributed by atoms with Gasteiger partial charge in [-0.3, -0.25) is 4.79 Å². The van der Waals surface area contributed by atoms with Gasteiger partial charge in [-0.25, -0.2) is 4.79 Å². The summed E-state index contributed by atoms with van der Waals surface area (Å²) in [4.78, 5) is 24.0. The molecule has 0 aromatic heterocycles. The van der Waals surface area contributed by atoms with Crippen molar-refractivity contribution in [3.8, 4) is 0 Å². The second-order valence-electron chi connectivity index (χ2n) is 4.71. The van der Waals surface area contributed by atoms with Crippen molar-refractivity contribution in [2.45, 2.75) is 25.3 Å². The predicted molar refractivity (Wildman–Crippen MR) is 66.2 cm³/mol. The molecule has 2 fully saturated rings. The van der Waals surface area contributed by atoms with E-state index in [0.717, 1.165) is 24.3 Å². The van der Waals surface area contributed by atoms with Crippen LogP contribution in [0.4, 0.5) is 4.79 Å². The molecule has 2 aliphatic heterocycles. The Kier molecular flexibility index (Phi) is 4.15. The fourth-order valence-corrected chi connectivity index (χ4v) is 3.33. The third-order valence-electron chi connectivity index (χ3n) is 3.26. The Morgan fingerprint density at radius 3 is 2.53 bits per heavy atom. The lowest BCUT2D eigenvalue weighted by Gasteiger charge is -2.39. The molecule has 0 spiro atoms. The van der Waals surface area contributed by atoms with Crippen LogP contribution in [0.5, 0.6) is 0 Å².